The lowest BCUT2D eigenvalue weighted by Crippen LogP contribution is -2.24. The van der Waals surface area contributed by atoms with Gasteiger partial charge in [-0.15, -0.1) is 0 Å². The number of hydrogen-bond acceptors (Lipinski definition) is 4. The number of carbonyl (C=O) groups excluding carboxylic acids is 1. The highest BCUT2D eigenvalue weighted by Crippen LogP contribution is 2.14. The van der Waals surface area contributed by atoms with Crippen LogP contribution >= 0.6 is 0 Å². The van der Waals surface area contributed by atoms with Gasteiger partial charge in [0.05, 0.1) is 25.2 Å². The Morgan fingerprint density at radius 1 is 0.889 bits per heavy atom. The van der Waals surface area contributed by atoms with Gasteiger partial charge in [-0.25, -0.2) is 0 Å². The summed E-state index contributed by atoms with van der Waals surface area (Å²) in [5, 5.41) is 0. The van der Waals surface area contributed by atoms with Gasteiger partial charge in [0, 0.05) is 6.61 Å². The van der Waals surface area contributed by atoms with Gasteiger partial charge < -0.3 is 14.2 Å². The van der Waals surface area contributed by atoms with Crippen molar-refractivity contribution < 1.29 is 19.0 Å². The molecule has 0 heterocycles. The second-order valence-electron chi connectivity index (χ2n) is 5.32. The third-order valence-electron chi connectivity index (χ3n) is 2.34. The van der Waals surface area contributed by atoms with Gasteiger partial charge in [-0.1, -0.05) is 19.8 Å². The number of rotatable bonds is 10. The van der Waals surface area contributed by atoms with Crippen LogP contribution in [0.25, 0.3) is 0 Å². The fourth-order valence-corrected chi connectivity index (χ4v) is 1.19. The molecule has 0 aliphatic carbocycles. The maximum absolute atomic E-state index is 11.4. The van der Waals surface area contributed by atoms with E-state index in [1.807, 2.05) is 20.8 Å². The van der Waals surface area contributed by atoms with Crippen molar-refractivity contribution in [3.05, 3.63) is 0 Å². The maximum Gasteiger partial charge on any atom is 0.311 e. The molecule has 4 nitrogen and oxygen atoms in total. The molecule has 0 unspecified atom stereocenters. The number of hydrogen-bond donors (Lipinski definition) is 0. The van der Waals surface area contributed by atoms with Crippen LogP contribution in [0.5, 0.6) is 0 Å². The second kappa shape index (κ2) is 10.3. The van der Waals surface area contributed by atoms with Crippen molar-refractivity contribution in [3.63, 3.8) is 0 Å². The molecule has 0 saturated carbocycles. The molecule has 0 bridgehead atoms. The molecule has 0 spiro atoms. The summed E-state index contributed by atoms with van der Waals surface area (Å²) in [5.41, 5.74) is -0.442. The zero-order valence-electron chi connectivity index (χ0n) is 12.3. The summed E-state index contributed by atoms with van der Waals surface area (Å²) in [6, 6.07) is 0. The van der Waals surface area contributed by atoms with E-state index in [2.05, 4.69) is 6.92 Å². The van der Waals surface area contributed by atoms with Crippen molar-refractivity contribution in [2.75, 3.05) is 33.0 Å². The SMILES string of the molecule is CCCCCOCCOCCOC(=O)C(C)(C)C. The summed E-state index contributed by atoms with van der Waals surface area (Å²) in [6.45, 7) is 10.4. The van der Waals surface area contributed by atoms with Gasteiger partial charge in [-0.05, 0) is 27.2 Å². The standard InChI is InChI=1S/C14H28O4/c1-5-6-7-8-16-9-10-17-11-12-18-13(15)14(2,3)4/h5-12H2,1-4H3. The maximum atomic E-state index is 11.4. The largest absolute Gasteiger partial charge is 0.463 e. The third kappa shape index (κ3) is 10.5. The topological polar surface area (TPSA) is 44.8 Å². The Morgan fingerprint density at radius 2 is 1.44 bits per heavy atom. The van der Waals surface area contributed by atoms with Crippen LogP contribution in [0.3, 0.4) is 0 Å². The van der Waals surface area contributed by atoms with Crippen LogP contribution < -0.4 is 0 Å². The van der Waals surface area contributed by atoms with Gasteiger partial charge in [-0.2, -0.15) is 0 Å². The molecule has 0 aliphatic rings. The van der Waals surface area contributed by atoms with Crippen molar-refractivity contribution >= 4 is 5.97 Å². The Kier molecular flexibility index (Phi) is 9.98. The minimum absolute atomic E-state index is 0.193. The molecule has 0 aliphatic heterocycles. The Bertz CT molecular complexity index is 208. The molecule has 18 heavy (non-hydrogen) atoms. The normalized spacial score (nSPS) is 11.6. The summed E-state index contributed by atoms with van der Waals surface area (Å²) in [5.74, 6) is -0.193. The highest BCUT2D eigenvalue weighted by Gasteiger charge is 2.22. The van der Waals surface area contributed by atoms with Crippen LogP contribution in [-0.2, 0) is 19.0 Å². The lowest BCUT2D eigenvalue weighted by molar-refractivity contribution is -0.154. The Morgan fingerprint density at radius 3 is 2.00 bits per heavy atom. The second-order valence-corrected chi connectivity index (χ2v) is 5.32. The van der Waals surface area contributed by atoms with E-state index in [0.717, 1.165) is 13.0 Å². The van der Waals surface area contributed by atoms with Gasteiger partial charge in [0.15, 0.2) is 0 Å². The van der Waals surface area contributed by atoms with Crippen LogP contribution in [0.15, 0.2) is 0 Å². The number of carbonyl (C=O) groups is 1. The van der Waals surface area contributed by atoms with Gasteiger partial charge >= 0.3 is 5.97 Å². The molecule has 0 aromatic rings. The Labute approximate surface area is 111 Å². The van der Waals surface area contributed by atoms with Gasteiger partial charge in [-0.3, -0.25) is 4.79 Å². The molecule has 4 heteroatoms. The van der Waals surface area contributed by atoms with E-state index in [1.54, 1.807) is 0 Å². The molecular weight excluding hydrogens is 232 g/mol. The van der Waals surface area contributed by atoms with E-state index in [0.29, 0.717) is 26.4 Å². The predicted octanol–water partition coefficient (Wildman–Crippen LogP) is 2.80. The van der Waals surface area contributed by atoms with E-state index in [4.69, 9.17) is 14.2 Å². The minimum Gasteiger partial charge on any atom is -0.463 e. The van der Waals surface area contributed by atoms with Crippen LogP contribution in [0.2, 0.25) is 0 Å². The Hall–Kier alpha value is -0.610. The average Bonchev–Trinajstić information content (AvgIpc) is 2.30. The monoisotopic (exact) mass is 260 g/mol. The summed E-state index contributed by atoms with van der Waals surface area (Å²) >= 11 is 0. The highest BCUT2D eigenvalue weighted by molar-refractivity contribution is 5.75. The van der Waals surface area contributed by atoms with Crippen molar-refractivity contribution in [1.29, 1.82) is 0 Å². The quantitative estimate of drug-likeness (QED) is 0.447. The summed E-state index contributed by atoms with van der Waals surface area (Å²) in [7, 11) is 0. The molecule has 0 aromatic carbocycles. The van der Waals surface area contributed by atoms with E-state index < -0.39 is 5.41 Å². The van der Waals surface area contributed by atoms with E-state index in [1.165, 1.54) is 12.8 Å². The third-order valence-corrected chi connectivity index (χ3v) is 2.34. The first-order valence-corrected chi connectivity index (χ1v) is 6.81. The van der Waals surface area contributed by atoms with E-state index in [-0.39, 0.29) is 5.97 Å². The van der Waals surface area contributed by atoms with Crippen LogP contribution in [-0.4, -0.2) is 39.0 Å². The van der Waals surface area contributed by atoms with Crippen molar-refractivity contribution in [2.45, 2.75) is 47.0 Å². The van der Waals surface area contributed by atoms with Gasteiger partial charge in [0.2, 0.25) is 0 Å². The van der Waals surface area contributed by atoms with Crippen molar-refractivity contribution in [1.82, 2.24) is 0 Å². The van der Waals surface area contributed by atoms with Crippen molar-refractivity contribution in [3.8, 4) is 0 Å². The van der Waals surface area contributed by atoms with Crippen LogP contribution in [0, 0.1) is 5.41 Å². The zero-order chi connectivity index (χ0) is 13.9. The van der Waals surface area contributed by atoms with Crippen LogP contribution in [0.1, 0.15) is 47.0 Å². The minimum atomic E-state index is -0.442. The molecule has 0 radical (unpaired) electrons. The molecule has 0 atom stereocenters. The Balaban J connectivity index is 3.19. The smallest absolute Gasteiger partial charge is 0.311 e. The first-order chi connectivity index (χ1) is 8.48. The molecule has 108 valence electrons. The average molecular weight is 260 g/mol. The fourth-order valence-electron chi connectivity index (χ4n) is 1.19. The van der Waals surface area contributed by atoms with Gasteiger partial charge in [0.25, 0.3) is 0 Å². The summed E-state index contributed by atoms with van der Waals surface area (Å²) in [6.07, 6.45) is 3.53. The molecule has 0 amide bonds. The first-order valence-electron chi connectivity index (χ1n) is 6.81. The predicted molar refractivity (Wildman–Crippen MR) is 71.6 cm³/mol. The first kappa shape index (κ1) is 17.4. The molecule has 0 rings (SSSR count). The van der Waals surface area contributed by atoms with E-state index in [9.17, 15) is 4.79 Å². The molecule has 0 fully saturated rings. The molecule has 0 saturated heterocycles. The zero-order valence-corrected chi connectivity index (χ0v) is 12.3. The van der Waals surface area contributed by atoms with Crippen molar-refractivity contribution in [2.24, 2.45) is 5.41 Å². The lowest BCUT2D eigenvalue weighted by Gasteiger charge is -2.16. The lowest BCUT2D eigenvalue weighted by atomic mass is 9.97. The summed E-state index contributed by atoms with van der Waals surface area (Å²) < 4.78 is 15.7. The molecule has 0 N–H and O–H groups in total. The number of esters is 1. The number of unbranched alkanes of at least 4 members (excludes halogenated alkanes) is 2. The fraction of sp³-hybridized carbons (Fsp3) is 0.929. The number of ether oxygens (including phenoxy) is 3. The van der Waals surface area contributed by atoms with E-state index >= 15 is 0 Å². The van der Waals surface area contributed by atoms with Crippen LogP contribution in [0.4, 0.5) is 0 Å². The van der Waals surface area contributed by atoms with Gasteiger partial charge in [0.1, 0.15) is 6.61 Å². The summed E-state index contributed by atoms with van der Waals surface area (Å²) in [4.78, 5) is 11.4. The molecule has 0 aromatic heterocycles. The molecular formula is C14H28O4. The highest BCUT2D eigenvalue weighted by atomic mass is 16.6.